The molecule has 3 nitrogen and oxygen atoms in total. The number of hydrogen-bond acceptors (Lipinski definition) is 3. The Morgan fingerprint density at radius 3 is 2.62 bits per heavy atom. The largest absolute Gasteiger partial charge is 0.468 e. The first-order valence-corrected chi connectivity index (χ1v) is 5.39. The van der Waals surface area contributed by atoms with Crippen LogP contribution in [0.3, 0.4) is 0 Å². The summed E-state index contributed by atoms with van der Waals surface area (Å²) < 4.78 is 4.72. The number of rotatable bonds is 4. The highest BCUT2D eigenvalue weighted by Gasteiger charge is 2.18. The summed E-state index contributed by atoms with van der Waals surface area (Å²) in [5, 5.41) is 0. The van der Waals surface area contributed by atoms with Crippen LogP contribution in [0.1, 0.15) is 18.1 Å². The quantitative estimate of drug-likeness (QED) is 0.728. The number of benzene rings is 1. The predicted octanol–water partition coefficient (Wildman–Crippen LogP) is 1.99. The third-order valence-corrected chi connectivity index (χ3v) is 2.88. The maximum absolute atomic E-state index is 11.4. The van der Waals surface area contributed by atoms with Gasteiger partial charge in [0, 0.05) is 6.54 Å². The van der Waals surface area contributed by atoms with Gasteiger partial charge in [-0.25, -0.2) is 0 Å². The van der Waals surface area contributed by atoms with E-state index in [0.29, 0.717) is 0 Å². The summed E-state index contributed by atoms with van der Waals surface area (Å²) in [6.45, 7) is 4.68. The van der Waals surface area contributed by atoms with Crippen molar-refractivity contribution >= 4 is 5.97 Å². The average molecular weight is 221 g/mol. The topological polar surface area (TPSA) is 29.5 Å². The van der Waals surface area contributed by atoms with Gasteiger partial charge in [0.25, 0.3) is 0 Å². The van der Waals surface area contributed by atoms with E-state index in [1.807, 2.05) is 31.0 Å². The van der Waals surface area contributed by atoms with Crippen molar-refractivity contribution in [2.45, 2.75) is 26.4 Å². The normalized spacial score (nSPS) is 12.6. The first-order valence-electron chi connectivity index (χ1n) is 5.39. The molecule has 0 saturated carbocycles. The van der Waals surface area contributed by atoms with Crippen molar-refractivity contribution in [2.24, 2.45) is 0 Å². The van der Waals surface area contributed by atoms with E-state index >= 15 is 0 Å². The maximum Gasteiger partial charge on any atom is 0.322 e. The van der Waals surface area contributed by atoms with Gasteiger partial charge in [-0.15, -0.1) is 0 Å². The van der Waals surface area contributed by atoms with E-state index in [1.54, 1.807) is 0 Å². The summed E-state index contributed by atoms with van der Waals surface area (Å²) >= 11 is 0. The summed E-state index contributed by atoms with van der Waals surface area (Å²) in [4.78, 5) is 13.3. The van der Waals surface area contributed by atoms with Crippen molar-refractivity contribution in [3.63, 3.8) is 0 Å². The molecule has 0 aliphatic carbocycles. The van der Waals surface area contributed by atoms with Gasteiger partial charge in [-0.3, -0.25) is 9.69 Å². The third-order valence-electron chi connectivity index (χ3n) is 2.88. The number of ether oxygens (including phenoxy) is 1. The fourth-order valence-corrected chi connectivity index (χ4v) is 1.54. The number of hydrogen-bond donors (Lipinski definition) is 0. The number of likely N-dealkylation sites (N-methyl/N-ethyl adjacent to an activating group) is 1. The van der Waals surface area contributed by atoms with Gasteiger partial charge in [-0.05, 0) is 32.0 Å². The molecule has 88 valence electrons. The minimum atomic E-state index is -0.218. The summed E-state index contributed by atoms with van der Waals surface area (Å²) in [6, 6.07) is 7.97. The second-order valence-corrected chi connectivity index (χ2v) is 4.04. The van der Waals surface area contributed by atoms with Gasteiger partial charge in [0.05, 0.1) is 7.11 Å². The van der Waals surface area contributed by atoms with Crippen LogP contribution < -0.4 is 0 Å². The number of methoxy groups -OCH3 is 1. The smallest absolute Gasteiger partial charge is 0.322 e. The van der Waals surface area contributed by atoms with Gasteiger partial charge in [-0.2, -0.15) is 0 Å². The van der Waals surface area contributed by atoms with E-state index in [9.17, 15) is 4.79 Å². The molecule has 0 N–H and O–H groups in total. The monoisotopic (exact) mass is 221 g/mol. The number of carbonyl (C=O) groups is 1. The number of carbonyl (C=O) groups excluding carboxylic acids is 1. The molecule has 0 fully saturated rings. The molecule has 1 aromatic carbocycles. The van der Waals surface area contributed by atoms with Crippen LogP contribution >= 0.6 is 0 Å². The van der Waals surface area contributed by atoms with E-state index in [-0.39, 0.29) is 12.0 Å². The minimum absolute atomic E-state index is 0.198. The molecule has 0 heterocycles. The number of nitrogens with zero attached hydrogens (tertiary/aromatic N) is 1. The second-order valence-electron chi connectivity index (χ2n) is 4.04. The predicted molar refractivity (Wildman–Crippen MR) is 64.1 cm³/mol. The van der Waals surface area contributed by atoms with Crippen LogP contribution in [0.2, 0.25) is 0 Å². The maximum atomic E-state index is 11.4. The Hall–Kier alpha value is -1.35. The van der Waals surface area contributed by atoms with Gasteiger partial charge in [0.2, 0.25) is 0 Å². The molecule has 0 bridgehead atoms. The average Bonchev–Trinajstić information content (AvgIpc) is 2.30. The van der Waals surface area contributed by atoms with Crippen LogP contribution in [-0.4, -0.2) is 31.1 Å². The molecule has 16 heavy (non-hydrogen) atoms. The molecule has 3 heteroatoms. The fraction of sp³-hybridized carbons (Fsp3) is 0.462. The summed E-state index contributed by atoms with van der Waals surface area (Å²) in [5.74, 6) is -0.198. The lowest BCUT2D eigenvalue weighted by molar-refractivity contribution is -0.145. The lowest BCUT2D eigenvalue weighted by Gasteiger charge is -2.23. The Morgan fingerprint density at radius 2 is 2.06 bits per heavy atom. The van der Waals surface area contributed by atoms with Crippen LogP contribution in [0.25, 0.3) is 0 Å². The Kier molecular flexibility index (Phi) is 4.50. The van der Waals surface area contributed by atoms with Crippen LogP contribution in [0.4, 0.5) is 0 Å². The second kappa shape index (κ2) is 5.66. The zero-order chi connectivity index (χ0) is 12.1. The van der Waals surface area contributed by atoms with Crippen LogP contribution in [-0.2, 0) is 16.1 Å². The molecule has 0 saturated heterocycles. The van der Waals surface area contributed by atoms with E-state index < -0.39 is 0 Å². The van der Waals surface area contributed by atoms with E-state index in [2.05, 4.69) is 19.1 Å². The molecule has 0 aliphatic rings. The zero-order valence-corrected chi connectivity index (χ0v) is 10.4. The Bertz CT molecular complexity index is 363. The highest BCUT2D eigenvalue weighted by Crippen LogP contribution is 2.11. The number of aryl methyl sites for hydroxylation is 1. The molecule has 0 spiro atoms. The summed E-state index contributed by atoms with van der Waals surface area (Å²) in [5.41, 5.74) is 2.48. The van der Waals surface area contributed by atoms with Crippen molar-refractivity contribution in [2.75, 3.05) is 14.2 Å². The van der Waals surface area contributed by atoms with Crippen molar-refractivity contribution in [1.82, 2.24) is 4.90 Å². The molecule has 1 unspecified atom stereocenters. The van der Waals surface area contributed by atoms with Gasteiger partial charge in [0.1, 0.15) is 6.04 Å². The van der Waals surface area contributed by atoms with Crippen LogP contribution in [0.15, 0.2) is 24.3 Å². The van der Waals surface area contributed by atoms with Crippen molar-refractivity contribution in [1.29, 1.82) is 0 Å². The molecular weight excluding hydrogens is 202 g/mol. The molecule has 0 amide bonds. The summed E-state index contributed by atoms with van der Waals surface area (Å²) in [6.07, 6.45) is 0. The molecule has 1 atom stereocenters. The SMILES string of the molecule is COC(=O)C(C)N(C)Cc1ccccc1C. The van der Waals surface area contributed by atoms with Gasteiger partial charge < -0.3 is 4.74 Å². The first kappa shape index (κ1) is 12.7. The van der Waals surface area contributed by atoms with Crippen LogP contribution in [0.5, 0.6) is 0 Å². The number of esters is 1. The lowest BCUT2D eigenvalue weighted by atomic mass is 10.1. The minimum Gasteiger partial charge on any atom is -0.468 e. The fourth-order valence-electron chi connectivity index (χ4n) is 1.54. The molecule has 0 aromatic heterocycles. The Balaban J connectivity index is 2.68. The lowest BCUT2D eigenvalue weighted by Crippen LogP contribution is -2.36. The van der Waals surface area contributed by atoms with Gasteiger partial charge >= 0.3 is 5.97 Å². The van der Waals surface area contributed by atoms with Crippen molar-refractivity contribution in [3.8, 4) is 0 Å². The molecule has 0 radical (unpaired) electrons. The summed E-state index contributed by atoms with van der Waals surface area (Å²) in [7, 11) is 3.34. The van der Waals surface area contributed by atoms with Gasteiger partial charge in [0.15, 0.2) is 0 Å². The molecule has 0 aliphatic heterocycles. The van der Waals surface area contributed by atoms with Crippen molar-refractivity contribution < 1.29 is 9.53 Å². The van der Waals surface area contributed by atoms with E-state index in [0.717, 1.165) is 6.54 Å². The van der Waals surface area contributed by atoms with Crippen LogP contribution in [0, 0.1) is 6.92 Å². The first-order chi connectivity index (χ1) is 7.56. The highest BCUT2D eigenvalue weighted by molar-refractivity contribution is 5.75. The highest BCUT2D eigenvalue weighted by atomic mass is 16.5. The standard InChI is InChI=1S/C13H19NO2/c1-10-7-5-6-8-12(10)9-14(3)11(2)13(15)16-4/h5-8,11H,9H2,1-4H3. The van der Waals surface area contributed by atoms with E-state index in [1.165, 1.54) is 18.2 Å². The molecular formula is C13H19NO2. The van der Waals surface area contributed by atoms with Crippen molar-refractivity contribution in [3.05, 3.63) is 35.4 Å². The zero-order valence-electron chi connectivity index (χ0n) is 10.4. The Labute approximate surface area is 97.0 Å². The Morgan fingerprint density at radius 1 is 1.44 bits per heavy atom. The molecule has 1 rings (SSSR count). The third kappa shape index (κ3) is 3.07. The van der Waals surface area contributed by atoms with Gasteiger partial charge in [-0.1, -0.05) is 24.3 Å². The van der Waals surface area contributed by atoms with E-state index in [4.69, 9.17) is 4.74 Å². The molecule has 1 aromatic rings.